The quantitative estimate of drug-likeness (QED) is 0.815. The number of carboxylic acids is 1. The largest absolute Gasteiger partial charge is 0.480 e. The van der Waals surface area contributed by atoms with Crippen LogP contribution in [0.3, 0.4) is 0 Å². The minimum absolute atomic E-state index is 0.170. The van der Waals surface area contributed by atoms with Crippen molar-refractivity contribution in [3.63, 3.8) is 0 Å². The van der Waals surface area contributed by atoms with E-state index in [1.54, 1.807) is 31.5 Å². The summed E-state index contributed by atoms with van der Waals surface area (Å²) < 4.78 is 0. The zero-order valence-corrected chi connectivity index (χ0v) is 17.0. The zero-order chi connectivity index (χ0) is 19.8. The Morgan fingerprint density at radius 1 is 1.33 bits per heavy atom. The Hall–Kier alpha value is -2.22. The van der Waals surface area contributed by atoms with Gasteiger partial charge >= 0.3 is 5.97 Å². The molecular weight excluding hydrogens is 364 g/mol. The molecule has 0 aliphatic carbocycles. The summed E-state index contributed by atoms with van der Waals surface area (Å²) in [6.45, 7) is 8.95. The van der Waals surface area contributed by atoms with Crippen LogP contribution in [0.2, 0.25) is 0 Å². The monoisotopic (exact) mass is 390 g/mol. The Morgan fingerprint density at radius 2 is 2.00 bits per heavy atom. The summed E-state index contributed by atoms with van der Waals surface area (Å²) in [5.41, 5.74) is 0.00358. The maximum Gasteiger partial charge on any atom is 0.329 e. The molecule has 1 fully saturated rings. The highest BCUT2D eigenvalue weighted by Crippen LogP contribution is 2.35. The molecule has 7 nitrogen and oxygen atoms in total. The van der Waals surface area contributed by atoms with Crippen molar-refractivity contribution >= 4 is 39.2 Å². The number of aryl methyl sites for hydroxylation is 2. The molecule has 0 saturated carbocycles. The lowest BCUT2D eigenvalue weighted by Crippen LogP contribution is -2.54. The van der Waals surface area contributed by atoms with Crippen molar-refractivity contribution < 1.29 is 14.7 Å². The van der Waals surface area contributed by atoms with Crippen LogP contribution in [0.15, 0.2) is 6.33 Å². The summed E-state index contributed by atoms with van der Waals surface area (Å²) in [7, 11) is 0. The van der Waals surface area contributed by atoms with E-state index in [4.69, 9.17) is 0 Å². The van der Waals surface area contributed by atoms with Gasteiger partial charge in [-0.05, 0) is 45.6 Å². The van der Waals surface area contributed by atoms with Crippen LogP contribution < -0.4 is 10.2 Å². The lowest BCUT2D eigenvalue weighted by molar-refractivity contribution is -0.147. The Kier molecular flexibility index (Phi) is 5.37. The van der Waals surface area contributed by atoms with Gasteiger partial charge in [0, 0.05) is 23.9 Å². The van der Waals surface area contributed by atoms with Crippen LogP contribution >= 0.6 is 11.3 Å². The number of carboxylic acid groups (broad SMARTS) is 1. The predicted octanol–water partition coefficient (Wildman–Crippen LogP) is 2.89. The second kappa shape index (κ2) is 7.42. The number of piperidine rings is 1. The van der Waals surface area contributed by atoms with Crippen molar-refractivity contribution in [2.75, 3.05) is 18.0 Å². The Morgan fingerprint density at radius 3 is 2.59 bits per heavy atom. The first kappa shape index (κ1) is 19.5. The molecule has 27 heavy (non-hydrogen) atoms. The molecule has 1 atom stereocenters. The number of thiophene rings is 1. The second-order valence-corrected chi connectivity index (χ2v) is 8.61. The number of nitrogens with zero attached hydrogens (tertiary/aromatic N) is 3. The molecule has 1 saturated heterocycles. The van der Waals surface area contributed by atoms with E-state index in [1.807, 2.05) is 0 Å². The van der Waals surface area contributed by atoms with Crippen LogP contribution in [-0.4, -0.2) is 45.6 Å². The first-order valence-electron chi connectivity index (χ1n) is 9.28. The maximum absolute atomic E-state index is 12.6. The standard InChI is InChI=1S/C19H26N4O3S/c1-5-19(4,18(25)26)22-16(24)13-6-8-23(9-7-13)15-14-11(2)12(3)27-17(14)21-10-20-15/h10,13H,5-9H2,1-4H3,(H,22,24)(H,25,26). The number of hydrogen-bond donors (Lipinski definition) is 2. The van der Waals surface area contributed by atoms with Crippen molar-refractivity contribution in [2.24, 2.45) is 5.92 Å². The van der Waals surface area contributed by atoms with Crippen LogP contribution in [0.4, 0.5) is 5.82 Å². The van der Waals surface area contributed by atoms with Gasteiger partial charge in [0.2, 0.25) is 5.91 Å². The molecule has 2 aromatic heterocycles. The van der Waals surface area contributed by atoms with E-state index in [1.165, 1.54) is 10.4 Å². The maximum atomic E-state index is 12.6. The topological polar surface area (TPSA) is 95.4 Å². The van der Waals surface area contributed by atoms with Crippen LogP contribution in [0.25, 0.3) is 10.2 Å². The van der Waals surface area contributed by atoms with Gasteiger partial charge in [-0.2, -0.15) is 0 Å². The van der Waals surface area contributed by atoms with Gasteiger partial charge in [0.25, 0.3) is 0 Å². The molecule has 1 aliphatic rings. The van der Waals surface area contributed by atoms with E-state index in [0.29, 0.717) is 32.4 Å². The van der Waals surface area contributed by atoms with E-state index >= 15 is 0 Å². The first-order chi connectivity index (χ1) is 12.8. The van der Waals surface area contributed by atoms with Crippen molar-refractivity contribution in [3.8, 4) is 0 Å². The van der Waals surface area contributed by atoms with Gasteiger partial charge in [-0.15, -0.1) is 11.3 Å². The molecule has 2 N–H and O–H groups in total. The smallest absolute Gasteiger partial charge is 0.329 e. The first-order valence-corrected chi connectivity index (χ1v) is 10.1. The molecule has 1 amide bonds. The number of aliphatic carboxylic acids is 1. The van der Waals surface area contributed by atoms with Gasteiger partial charge in [-0.1, -0.05) is 6.92 Å². The van der Waals surface area contributed by atoms with Gasteiger partial charge in [-0.3, -0.25) is 4.79 Å². The molecule has 0 aromatic carbocycles. The number of carbonyl (C=O) groups is 2. The number of nitrogens with one attached hydrogen (secondary N) is 1. The highest BCUT2D eigenvalue weighted by Gasteiger charge is 2.36. The van der Waals surface area contributed by atoms with Crippen molar-refractivity contribution in [2.45, 2.75) is 52.5 Å². The second-order valence-electron chi connectivity index (χ2n) is 7.40. The number of rotatable bonds is 5. The molecule has 1 aliphatic heterocycles. The highest BCUT2D eigenvalue weighted by atomic mass is 32.1. The van der Waals surface area contributed by atoms with Gasteiger partial charge < -0.3 is 15.3 Å². The summed E-state index contributed by atoms with van der Waals surface area (Å²) in [4.78, 5) is 37.4. The number of hydrogen-bond acceptors (Lipinski definition) is 6. The van der Waals surface area contributed by atoms with Crippen LogP contribution in [-0.2, 0) is 9.59 Å². The fraction of sp³-hybridized carbons (Fsp3) is 0.579. The lowest BCUT2D eigenvalue weighted by atomic mass is 9.92. The summed E-state index contributed by atoms with van der Waals surface area (Å²) in [6.07, 6.45) is 3.31. The molecule has 1 unspecified atom stereocenters. The van der Waals surface area contributed by atoms with Gasteiger partial charge in [0.05, 0.1) is 5.39 Å². The molecule has 2 aromatic rings. The molecule has 0 bridgehead atoms. The number of fused-ring (bicyclic) bond motifs is 1. The minimum Gasteiger partial charge on any atom is -0.480 e. The molecule has 8 heteroatoms. The van der Waals surface area contributed by atoms with E-state index in [9.17, 15) is 14.7 Å². The third-order valence-electron chi connectivity index (χ3n) is 5.69. The summed E-state index contributed by atoms with van der Waals surface area (Å²) in [6, 6.07) is 0. The van der Waals surface area contributed by atoms with E-state index < -0.39 is 11.5 Å². The molecule has 0 radical (unpaired) electrons. The third-order valence-corrected chi connectivity index (χ3v) is 6.80. The van der Waals surface area contributed by atoms with Crippen molar-refractivity contribution in [1.82, 2.24) is 15.3 Å². The van der Waals surface area contributed by atoms with Gasteiger partial charge in [0.15, 0.2) is 0 Å². The predicted molar refractivity (Wildman–Crippen MR) is 106 cm³/mol. The van der Waals surface area contributed by atoms with E-state index in [-0.39, 0.29) is 11.8 Å². The summed E-state index contributed by atoms with van der Waals surface area (Å²) >= 11 is 1.68. The number of amides is 1. The average molecular weight is 391 g/mol. The average Bonchev–Trinajstić information content (AvgIpc) is 2.95. The Balaban J connectivity index is 1.71. The lowest BCUT2D eigenvalue weighted by Gasteiger charge is -2.34. The van der Waals surface area contributed by atoms with Gasteiger partial charge in [-0.25, -0.2) is 14.8 Å². The van der Waals surface area contributed by atoms with E-state index in [0.717, 1.165) is 16.0 Å². The fourth-order valence-electron chi connectivity index (χ4n) is 3.42. The summed E-state index contributed by atoms with van der Waals surface area (Å²) in [5, 5.41) is 13.2. The minimum atomic E-state index is -1.21. The fourth-order valence-corrected chi connectivity index (χ4v) is 4.42. The molecule has 146 valence electrons. The molecular formula is C19H26N4O3S. The highest BCUT2D eigenvalue weighted by molar-refractivity contribution is 7.18. The summed E-state index contributed by atoms with van der Waals surface area (Å²) in [5.74, 6) is -0.405. The van der Waals surface area contributed by atoms with Crippen LogP contribution in [0, 0.1) is 19.8 Å². The van der Waals surface area contributed by atoms with Crippen molar-refractivity contribution in [1.29, 1.82) is 0 Å². The molecule has 0 spiro atoms. The zero-order valence-electron chi connectivity index (χ0n) is 16.2. The molecule has 3 rings (SSSR count). The van der Waals surface area contributed by atoms with E-state index in [2.05, 4.69) is 34.0 Å². The van der Waals surface area contributed by atoms with Crippen LogP contribution in [0.1, 0.15) is 43.6 Å². The Bertz CT molecular complexity index is 873. The van der Waals surface area contributed by atoms with Gasteiger partial charge in [0.1, 0.15) is 22.5 Å². The number of anilines is 1. The SMILES string of the molecule is CCC(C)(NC(=O)C1CCN(c2ncnc3sc(C)c(C)c23)CC1)C(=O)O. The number of aromatic nitrogens is 2. The normalized spacial score (nSPS) is 17.7. The number of carbonyl (C=O) groups excluding carboxylic acids is 1. The third kappa shape index (κ3) is 3.63. The van der Waals surface area contributed by atoms with Crippen LogP contribution in [0.5, 0.6) is 0 Å². The Labute approximate surface area is 162 Å². The molecule has 3 heterocycles. The van der Waals surface area contributed by atoms with Crippen molar-refractivity contribution in [3.05, 3.63) is 16.8 Å².